The molecular formula is C15H19BrO4. The summed E-state index contributed by atoms with van der Waals surface area (Å²) in [7, 11) is 3.11. The van der Waals surface area contributed by atoms with E-state index in [4.69, 9.17) is 9.47 Å². The number of carbonyl (C=O) groups is 1. The number of rotatable bonds is 4. The van der Waals surface area contributed by atoms with Crippen molar-refractivity contribution < 1.29 is 19.4 Å². The summed E-state index contributed by atoms with van der Waals surface area (Å²) in [6.07, 6.45) is 4.20. The van der Waals surface area contributed by atoms with Crippen molar-refractivity contribution >= 4 is 21.9 Å². The van der Waals surface area contributed by atoms with Gasteiger partial charge in [-0.3, -0.25) is 4.79 Å². The van der Waals surface area contributed by atoms with Crippen molar-refractivity contribution in [2.45, 2.75) is 37.5 Å². The van der Waals surface area contributed by atoms with Gasteiger partial charge in [0, 0.05) is 10.0 Å². The first kappa shape index (κ1) is 15.2. The highest BCUT2D eigenvalue weighted by Gasteiger charge is 2.44. The number of hydrogen-bond acceptors (Lipinski definition) is 3. The van der Waals surface area contributed by atoms with Gasteiger partial charge < -0.3 is 14.6 Å². The summed E-state index contributed by atoms with van der Waals surface area (Å²) < 4.78 is 11.6. The Bertz CT molecular complexity index is 507. The van der Waals surface area contributed by atoms with E-state index in [1.54, 1.807) is 20.3 Å². The Balaban J connectivity index is 2.64. The van der Waals surface area contributed by atoms with Crippen LogP contribution in [0.25, 0.3) is 0 Å². The van der Waals surface area contributed by atoms with Gasteiger partial charge in [0.1, 0.15) is 0 Å². The zero-order valence-corrected chi connectivity index (χ0v) is 13.3. The van der Waals surface area contributed by atoms with Crippen LogP contribution in [-0.4, -0.2) is 25.3 Å². The molecule has 0 aromatic heterocycles. The largest absolute Gasteiger partial charge is 0.493 e. The molecule has 0 spiro atoms. The van der Waals surface area contributed by atoms with Gasteiger partial charge in [-0.25, -0.2) is 0 Å². The first-order valence-electron chi connectivity index (χ1n) is 6.70. The maximum atomic E-state index is 11.9. The van der Waals surface area contributed by atoms with Crippen molar-refractivity contribution in [2.75, 3.05) is 14.2 Å². The molecule has 0 radical (unpaired) electrons. The molecule has 2 rings (SSSR count). The fourth-order valence-corrected chi connectivity index (χ4v) is 3.48. The molecule has 0 heterocycles. The van der Waals surface area contributed by atoms with Crippen LogP contribution in [0.15, 0.2) is 16.6 Å². The maximum Gasteiger partial charge on any atom is 0.314 e. The number of hydrogen-bond donors (Lipinski definition) is 1. The van der Waals surface area contributed by atoms with Crippen molar-refractivity contribution in [1.29, 1.82) is 0 Å². The minimum Gasteiger partial charge on any atom is -0.493 e. The Labute approximate surface area is 127 Å². The fourth-order valence-electron chi connectivity index (χ4n) is 3.04. The average molecular weight is 343 g/mol. The van der Waals surface area contributed by atoms with Gasteiger partial charge in [0.15, 0.2) is 11.5 Å². The van der Waals surface area contributed by atoms with E-state index >= 15 is 0 Å². The van der Waals surface area contributed by atoms with Crippen LogP contribution in [0.5, 0.6) is 11.5 Å². The monoisotopic (exact) mass is 342 g/mol. The second-order valence-corrected chi connectivity index (χ2v) is 6.05. The molecule has 110 valence electrons. The van der Waals surface area contributed by atoms with E-state index in [0.29, 0.717) is 29.9 Å². The van der Waals surface area contributed by atoms with Crippen LogP contribution >= 0.6 is 15.9 Å². The van der Waals surface area contributed by atoms with Gasteiger partial charge >= 0.3 is 5.97 Å². The average Bonchev–Trinajstić information content (AvgIpc) is 2.46. The molecule has 1 aromatic rings. The Morgan fingerprint density at radius 2 is 1.85 bits per heavy atom. The van der Waals surface area contributed by atoms with Gasteiger partial charge in [0.25, 0.3) is 0 Å². The molecule has 4 nitrogen and oxygen atoms in total. The van der Waals surface area contributed by atoms with Gasteiger partial charge in [0.05, 0.1) is 19.6 Å². The molecule has 0 aliphatic heterocycles. The highest BCUT2D eigenvalue weighted by atomic mass is 79.9. The number of benzene rings is 1. The Morgan fingerprint density at radius 3 is 2.35 bits per heavy atom. The van der Waals surface area contributed by atoms with Crippen molar-refractivity contribution in [3.63, 3.8) is 0 Å². The van der Waals surface area contributed by atoms with Crippen molar-refractivity contribution in [2.24, 2.45) is 0 Å². The van der Waals surface area contributed by atoms with Crippen LogP contribution in [0.1, 0.15) is 37.7 Å². The van der Waals surface area contributed by atoms with Crippen LogP contribution in [-0.2, 0) is 10.2 Å². The molecule has 5 heteroatoms. The minimum absolute atomic E-state index is 0.528. The number of aliphatic carboxylic acids is 1. The van der Waals surface area contributed by atoms with Gasteiger partial charge in [-0.05, 0) is 25.0 Å². The summed E-state index contributed by atoms with van der Waals surface area (Å²) in [5.74, 6) is 0.304. The third-order valence-electron chi connectivity index (χ3n) is 4.08. The minimum atomic E-state index is -0.874. The first-order chi connectivity index (χ1) is 9.55. The van der Waals surface area contributed by atoms with Crippen molar-refractivity contribution in [1.82, 2.24) is 0 Å². The van der Waals surface area contributed by atoms with Crippen molar-refractivity contribution in [3.05, 3.63) is 22.2 Å². The lowest BCUT2D eigenvalue weighted by Gasteiger charge is -2.35. The Kier molecular flexibility index (Phi) is 4.58. The summed E-state index contributed by atoms with van der Waals surface area (Å²) >= 11 is 3.43. The first-order valence-corrected chi connectivity index (χ1v) is 7.50. The smallest absolute Gasteiger partial charge is 0.314 e. The number of methoxy groups -OCH3 is 2. The quantitative estimate of drug-likeness (QED) is 0.905. The zero-order valence-electron chi connectivity index (χ0n) is 11.7. The fraction of sp³-hybridized carbons (Fsp3) is 0.533. The number of halogens is 1. The lowest BCUT2D eigenvalue weighted by molar-refractivity contribution is -0.145. The van der Waals surface area contributed by atoms with Crippen LogP contribution in [0, 0.1) is 0 Å². The highest BCUT2D eigenvalue weighted by molar-refractivity contribution is 9.10. The lowest BCUT2D eigenvalue weighted by Crippen LogP contribution is -2.38. The van der Waals surface area contributed by atoms with Gasteiger partial charge in [0.2, 0.25) is 0 Å². The molecule has 0 saturated heterocycles. The molecular weight excluding hydrogens is 324 g/mol. The van der Waals surface area contributed by atoms with E-state index in [1.165, 1.54) is 0 Å². The summed E-state index contributed by atoms with van der Waals surface area (Å²) in [6, 6.07) is 3.64. The predicted octanol–water partition coefficient (Wildman–Crippen LogP) is 3.75. The highest BCUT2D eigenvalue weighted by Crippen LogP contribution is 2.47. The molecule has 1 aromatic carbocycles. The number of ether oxygens (including phenoxy) is 2. The van der Waals surface area contributed by atoms with Gasteiger partial charge in [-0.2, -0.15) is 0 Å². The summed E-state index contributed by atoms with van der Waals surface area (Å²) in [5, 5.41) is 9.80. The second-order valence-electron chi connectivity index (χ2n) is 5.14. The van der Waals surface area contributed by atoms with Crippen LogP contribution in [0.3, 0.4) is 0 Å². The third kappa shape index (κ3) is 2.51. The van der Waals surface area contributed by atoms with E-state index in [-0.39, 0.29) is 0 Å². The van der Waals surface area contributed by atoms with Gasteiger partial charge in [-0.1, -0.05) is 35.2 Å². The molecule has 20 heavy (non-hydrogen) atoms. The topological polar surface area (TPSA) is 55.8 Å². The van der Waals surface area contributed by atoms with Crippen molar-refractivity contribution in [3.8, 4) is 11.5 Å². The third-order valence-corrected chi connectivity index (χ3v) is 4.53. The second kappa shape index (κ2) is 6.04. The molecule has 0 atom stereocenters. The molecule has 1 saturated carbocycles. The van der Waals surface area contributed by atoms with Gasteiger partial charge in [-0.15, -0.1) is 0 Å². The van der Waals surface area contributed by atoms with E-state index < -0.39 is 11.4 Å². The molecule has 0 bridgehead atoms. The summed E-state index contributed by atoms with van der Waals surface area (Å²) in [5.41, 5.74) is -0.167. The van der Waals surface area contributed by atoms with E-state index in [9.17, 15) is 9.90 Å². The molecule has 0 amide bonds. The zero-order chi connectivity index (χ0) is 14.8. The molecule has 0 unspecified atom stereocenters. The van der Waals surface area contributed by atoms with E-state index in [0.717, 1.165) is 23.7 Å². The maximum absolute atomic E-state index is 11.9. The summed E-state index contributed by atoms with van der Waals surface area (Å²) in [6.45, 7) is 0. The SMILES string of the molecule is COc1cc(Br)cc(C2(C(=O)O)CCCCC2)c1OC. The Hall–Kier alpha value is -1.23. The molecule has 1 aliphatic rings. The standard InChI is InChI=1S/C15H19BrO4/c1-19-12-9-10(16)8-11(13(12)20-2)15(14(17)18)6-4-3-5-7-15/h8-9H,3-7H2,1-2H3,(H,17,18). The molecule has 1 fully saturated rings. The van der Waals surface area contributed by atoms with E-state index in [2.05, 4.69) is 15.9 Å². The normalized spacial score (nSPS) is 17.6. The molecule has 1 aliphatic carbocycles. The number of carboxylic acid groups (broad SMARTS) is 1. The van der Waals surface area contributed by atoms with Crippen LogP contribution in [0.2, 0.25) is 0 Å². The van der Waals surface area contributed by atoms with Crippen LogP contribution in [0.4, 0.5) is 0 Å². The van der Waals surface area contributed by atoms with E-state index in [1.807, 2.05) is 6.07 Å². The molecule has 1 N–H and O–H groups in total. The number of carboxylic acids is 1. The van der Waals surface area contributed by atoms with Crippen LogP contribution < -0.4 is 9.47 Å². The lowest BCUT2D eigenvalue weighted by atomic mass is 9.69. The predicted molar refractivity (Wildman–Crippen MR) is 79.6 cm³/mol. The Morgan fingerprint density at radius 1 is 1.20 bits per heavy atom. The summed E-state index contributed by atoms with van der Waals surface area (Å²) in [4.78, 5) is 11.9.